The SMILES string of the molecule is CCOc1ccc(-c2cccc(N)c2)cc1OCC. The normalized spacial score (nSPS) is 10.2. The quantitative estimate of drug-likeness (QED) is 0.830. The molecule has 0 saturated heterocycles. The second-order valence-electron chi connectivity index (χ2n) is 4.15. The van der Waals surface area contributed by atoms with E-state index in [1.54, 1.807) is 0 Å². The molecule has 0 atom stereocenters. The van der Waals surface area contributed by atoms with Crippen molar-refractivity contribution in [1.29, 1.82) is 0 Å². The van der Waals surface area contributed by atoms with Crippen LogP contribution in [-0.4, -0.2) is 13.2 Å². The van der Waals surface area contributed by atoms with E-state index in [1.165, 1.54) is 0 Å². The number of ether oxygens (including phenoxy) is 2. The van der Waals surface area contributed by atoms with Crippen LogP contribution in [0, 0.1) is 0 Å². The van der Waals surface area contributed by atoms with Crippen molar-refractivity contribution < 1.29 is 9.47 Å². The number of rotatable bonds is 5. The molecule has 0 aliphatic carbocycles. The van der Waals surface area contributed by atoms with Gasteiger partial charge in [-0.1, -0.05) is 18.2 Å². The minimum atomic E-state index is 0.612. The molecule has 2 rings (SSSR count). The van der Waals surface area contributed by atoms with E-state index in [9.17, 15) is 0 Å². The Hall–Kier alpha value is -2.16. The van der Waals surface area contributed by atoms with Gasteiger partial charge in [-0.2, -0.15) is 0 Å². The van der Waals surface area contributed by atoms with E-state index >= 15 is 0 Å². The summed E-state index contributed by atoms with van der Waals surface area (Å²) in [5.74, 6) is 1.54. The average Bonchev–Trinajstić information content (AvgIpc) is 2.41. The predicted molar refractivity (Wildman–Crippen MR) is 78.6 cm³/mol. The first-order chi connectivity index (χ1) is 9.24. The molecule has 0 fully saturated rings. The fourth-order valence-electron chi connectivity index (χ4n) is 1.95. The fraction of sp³-hybridized carbons (Fsp3) is 0.250. The third-order valence-electron chi connectivity index (χ3n) is 2.76. The molecule has 100 valence electrons. The van der Waals surface area contributed by atoms with Gasteiger partial charge >= 0.3 is 0 Å². The van der Waals surface area contributed by atoms with Crippen molar-refractivity contribution >= 4 is 5.69 Å². The third kappa shape index (κ3) is 3.19. The monoisotopic (exact) mass is 257 g/mol. The maximum Gasteiger partial charge on any atom is 0.161 e. The van der Waals surface area contributed by atoms with Crippen molar-refractivity contribution in [2.45, 2.75) is 13.8 Å². The first kappa shape index (κ1) is 13.3. The van der Waals surface area contributed by atoms with E-state index < -0.39 is 0 Å². The largest absolute Gasteiger partial charge is 0.490 e. The number of anilines is 1. The molecule has 2 aromatic carbocycles. The molecule has 2 N–H and O–H groups in total. The van der Waals surface area contributed by atoms with Crippen molar-refractivity contribution in [3.8, 4) is 22.6 Å². The van der Waals surface area contributed by atoms with Crippen molar-refractivity contribution in [2.24, 2.45) is 0 Å². The van der Waals surface area contributed by atoms with E-state index in [2.05, 4.69) is 0 Å². The Balaban J connectivity index is 2.39. The van der Waals surface area contributed by atoms with Crippen LogP contribution >= 0.6 is 0 Å². The van der Waals surface area contributed by atoms with Gasteiger partial charge in [0.05, 0.1) is 13.2 Å². The minimum absolute atomic E-state index is 0.612. The lowest BCUT2D eigenvalue weighted by atomic mass is 10.0. The molecular formula is C16H19NO2. The first-order valence-corrected chi connectivity index (χ1v) is 6.50. The van der Waals surface area contributed by atoms with Crippen LogP contribution in [0.25, 0.3) is 11.1 Å². The molecule has 3 heteroatoms. The van der Waals surface area contributed by atoms with Gasteiger partial charge in [-0.25, -0.2) is 0 Å². The lowest BCUT2D eigenvalue weighted by Crippen LogP contribution is -1.98. The van der Waals surface area contributed by atoms with Gasteiger partial charge < -0.3 is 15.2 Å². The van der Waals surface area contributed by atoms with Gasteiger partial charge in [-0.3, -0.25) is 0 Å². The topological polar surface area (TPSA) is 44.5 Å². The Morgan fingerprint density at radius 2 is 1.53 bits per heavy atom. The third-order valence-corrected chi connectivity index (χ3v) is 2.76. The molecule has 0 heterocycles. The van der Waals surface area contributed by atoms with E-state index in [4.69, 9.17) is 15.2 Å². The maximum absolute atomic E-state index is 5.81. The smallest absolute Gasteiger partial charge is 0.161 e. The number of nitrogens with two attached hydrogens (primary N) is 1. The highest BCUT2D eigenvalue weighted by atomic mass is 16.5. The summed E-state index contributed by atoms with van der Waals surface area (Å²) in [6, 6.07) is 13.7. The van der Waals surface area contributed by atoms with Gasteiger partial charge in [0.25, 0.3) is 0 Å². The van der Waals surface area contributed by atoms with Crippen LogP contribution in [0.4, 0.5) is 5.69 Å². The fourth-order valence-corrected chi connectivity index (χ4v) is 1.95. The van der Waals surface area contributed by atoms with Gasteiger partial charge in [-0.15, -0.1) is 0 Å². The summed E-state index contributed by atoms with van der Waals surface area (Å²) in [7, 11) is 0. The Labute approximate surface area is 114 Å². The van der Waals surface area contributed by atoms with Gasteiger partial charge in [-0.05, 0) is 49.2 Å². The van der Waals surface area contributed by atoms with Crippen molar-refractivity contribution in [1.82, 2.24) is 0 Å². The van der Waals surface area contributed by atoms with E-state index in [0.717, 1.165) is 28.3 Å². The predicted octanol–water partition coefficient (Wildman–Crippen LogP) is 3.73. The Morgan fingerprint density at radius 3 is 2.21 bits per heavy atom. The second kappa shape index (κ2) is 6.14. The van der Waals surface area contributed by atoms with Gasteiger partial charge in [0.2, 0.25) is 0 Å². The van der Waals surface area contributed by atoms with Crippen LogP contribution in [-0.2, 0) is 0 Å². The standard InChI is InChI=1S/C16H19NO2/c1-3-18-15-9-8-13(11-16(15)19-4-2)12-6-5-7-14(17)10-12/h5-11H,3-4,17H2,1-2H3. The first-order valence-electron chi connectivity index (χ1n) is 6.50. The molecule has 0 radical (unpaired) electrons. The van der Waals surface area contributed by atoms with Gasteiger partial charge in [0.15, 0.2) is 11.5 Å². The van der Waals surface area contributed by atoms with Crippen LogP contribution in [0.5, 0.6) is 11.5 Å². The Kier molecular flexibility index (Phi) is 4.29. The molecular weight excluding hydrogens is 238 g/mol. The number of nitrogen functional groups attached to an aromatic ring is 1. The zero-order valence-electron chi connectivity index (χ0n) is 11.3. The lowest BCUT2D eigenvalue weighted by molar-refractivity contribution is 0.288. The van der Waals surface area contributed by atoms with Crippen molar-refractivity contribution in [3.05, 3.63) is 42.5 Å². The molecule has 0 bridgehead atoms. The highest BCUT2D eigenvalue weighted by Gasteiger charge is 2.07. The number of hydrogen-bond donors (Lipinski definition) is 1. The van der Waals surface area contributed by atoms with Gasteiger partial charge in [0, 0.05) is 5.69 Å². The highest BCUT2D eigenvalue weighted by molar-refractivity contribution is 5.70. The summed E-state index contributed by atoms with van der Waals surface area (Å²) < 4.78 is 11.2. The van der Waals surface area contributed by atoms with Crippen LogP contribution in [0.15, 0.2) is 42.5 Å². The maximum atomic E-state index is 5.81. The minimum Gasteiger partial charge on any atom is -0.490 e. The summed E-state index contributed by atoms with van der Waals surface area (Å²) >= 11 is 0. The van der Waals surface area contributed by atoms with Crippen LogP contribution < -0.4 is 15.2 Å². The summed E-state index contributed by atoms with van der Waals surface area (Å²) in [6.45, 7) is 5.16. The average molecular weight is 257 g/mol. The van der Waals surface area contributed by atoms with Crippen LogP contribution in [0.1, 0.15) is 13.8 Å². The number of hydrogen-bond acceptors (Lipinski definition) is 3. The summed E-state index contributed by atoms with van der Waals surface area (Å²) in [6.07, 6.45) is 0. The molecule has 0 unspecified atom stereocenters. The Morgan fingerprint density at radius 1 is 0.842 bits per heavy atom. The van der Waals surface area contributed by atoms with Crippen LogP contribution in [0.3, 0.4) is 0 Å². The van der Waals surface area contributed by atoms with E-state index in [-0.39, 0.29) is 0 Å². The van der Waals surface area contributed by atoms with Crippen molar-refractivity contribution in [3.63, 3.8) is 0 Å². The zero-order valence-corrected chi connectivity index (χ0v) is 11.3. The lowest BCUT2D eigenvalue weighted by Gasteiger charge is -2.12. The zero-order chi connectivity index (χ0) is 13.7. The molecule has 0 aliphatic heterocycles. The molecule has 0 amide bonds. The summed E-state index contributed by atoms with van der Waals surface area (Å²) in [5, 5.41) is 0. The molecule has 2 aromatic rings. The summed E-state index contributed by atoms with van der Waals surface area (Å²) in [4.78, 5) is 0. The van der Waals surface area contributed by atoms with Crippen molar-refractivity contribution in [2.75, 3.05) is 18.9 Å². The van der Waals surface area contributed by atoms with E-state index in [1.807, 2.05) is 56.3 Å². The Bertz CT molecular complexity index is 552. The number of benzene rings is 2. The second-order valence-corrected chi connectivity index (χ2v) is 4.15. The molecule has 0 aliphatic rings. The van der Waals surface area contributed by atoms with Crippen LogP contribution in [0.2, 0.25) is 0 Å². The molecule has 3 nitrogen and oxygen atoms in total. The molecule has 0 aromatic heterocycles. The van der Waals surface area contributed by atoms with E-state index in [0.29, 0.717) is 13.2 Å². The molecule has 0 spiro atoms. The molecule has 19 heavy (non-hydrogen) atoms. The molecule has 0 saturated carbocycles. The summed E-state index contributed by atoms with van der Waals surface area (Å²) in [5.41, 5.74) is 8.71. The highest BCUT2D eigenvalue weighted by Crippen LogP contribution is 2.33. The van der Waals surface area contributed by atoms with Gasteiger partial charge in [0.1, 0.15) is 0 Å².